The third kappa shape index (κ3) is 4.75. The van der Waals surface area contributed by atoms with Crippen LogP contribution in [0.5, 0.6) is 0 Å². The van der Waals surface area contributed by atoms with Crippen molar-refractivity contribution < 1.29 is 8.83 Å². The van der Waals surface area contributed by atoms with Crippen LogP contribution in [-0.2, 0) is 10.8 Å². The molecule has 4 heterocycles. The summed E-state index contributed by atoms with van der Waals surface area (Å²) in [6.07, 6.45) is 0. The number of rotatable bonds is 2. The Morgan fingerprint density at radius 3 is 1.14 bits per heavy atom. The quantitative estimate of drug-likeness (QED) is 0.165. The Morgan fingerprint density at radius 2 is 0.776 bits per heavy atom. The average Bonchev–Trinajstić information content (AvgIpc) is 3.70. The molecule has 11 aromatic rings. The van der Waals surface area contributed by atoms with E-state index in [1.165, 1.54) is 44.5 Å². The number of aryl methyl sites for hydroxylation is 4. The molecule has 0 atom stereocenters. The van der Waals surface area contributed by atoms with Crippen molar-refractivity contribution in [3.63, 3.8) is 0 Å². The summed E-state index contributed by atoms with van der Waals surface area (Å²) in [5, 5.41) is 4.49. The molecule has 0 fully saturated rings. The lowest BCUT2D eigenvalue weighted by Gasteiger charge is -2.19. The van der Waals surface area contributed by atoms with Gasteiger partial charge in [0, 0.05) is 10.8 Å². The minimum atomic E-state index is -0.0479. The fourth-order valence-electron chi connectivity index (χ4n) is 9.97. The van der Waals surface area contributed by atoms with E-state index in [0.717, 1.165) is 88.1 Å². The van der Waals surface area contributed by atoms with Crippen LogP contribution in [0.15, 0.2) is 118 Å². The molecule has 0 amide bonds. The van der Waals surface area contributed by atoms with Gasteiger partial charge in [-0.2, -0.15) is 0 Å². The fraction of sp³-hybridized carbons (Fsp3) is 0.222. The van der Waals surface area contributed by atoms with Crippen molar-refractivity contribution in [3.05, 3.63) is 143 Å². The highest BCUT2D eigenvalue weighted by molar-refractivity contribution is 6.35. The molecule has 0 radical (unpaired) electrons. The molecule has 7 aromatic carbocycles. The molecular formula is C54H48N2O2. The summed E-state index contributed by atoms with van der Waals surface area (Å²) >= 11 is 0. The maximum Gasteiger partial charge on any atom is 0.162 e. The van der Waals surface area contributed by atoms with E-state index in [9.17, 15) is 0 Å². The molecule has 58 heavy (non-hydrogen) atoms. The standard InChI is InChI=1S/C54H48N2O2/c1-29-13-11-14-30(2)45(29)33-17-21-41-43(25-33)57-51-47-38-28-36(54(8,9)10)20-24-40(38)56-42-22-18-34(46-31(3)15-12-16-32(46)4)26-44(42)58-52(50(47)56)48-37-27-35(53(5,6)7)19-23-39(37)55(41)49(48)51/h11-28H,1-10H3. The first kappa shape index (κ1) is 34.9. The van der Waals surface area contributed by atoms with Gasteiger partial charge >= 0.3 is 0 Å². The monoisotopic (exact) mass is 756 g/mol. The van der Waals surface area contributed by atoms with Gasteiger partial charge in [-0.15, -0.1) is 0 Å². The third-order valence-electron chi connectivity index (χ3n) is 12.9. The van der Waals surface area contributed by atoms with Crippen LogP contribution in [0.3, 0.4) is 0 Å². The highest BCUT2D eigenvalue weighted by Gasteiger charge is 2.29. The third-order valence-corrected chi connectivity index (χ3v) is 12.9. The molecular weight excluding hydrogens is 709 g/mol. The van der Waals surface area contributed by atoms with Gasteiger partial charge < -0.3 is 17.6 Å². The Bertz CT molecular complexity index is 3290. The summed E-state index contributed by atoms with van der Waals surface area (Å²) in [5.74, 6) is 0. The zero-order valence-corrected chi connectivity index (χ0v) is 35.1. The molecule has 11 rings (SSSR count). The van der Waals surface area contributed by atoms with Crippen LogP contribution in [0.25, 0.3) is 99.2 Å². The van der Waals surface area contributed by atoms with Crippen molar-refractivity contribution >= 4 is 77.0 Å². The van der Waals surface area contributed by atoms with Crippen LogP contribution >= 0.6 is 0 Å². The number of nitrogens with zero attached hydrogens (tertiary/aromatic N) is 2. The maximum atomic E-state index is 7.40. The van der Waals surface area contributed by atoms with Gasteiger partial charge in [0.1, 0.15) is 11.0 Å². The Balaban J connectivity index is 1.40. The Labute approximate surface area is 338 Å². The van der Waals surface area contributed by atoms with Crippen LogP contribution in [-0.4, -0.2) is 8.80 Å². The van der Waals surface area contributed by atoms with Crippen LogP contribution in [0.1, 0.15) is 74.9 Å². The molecule has 0 bridgehead atoms. The molecule has 4 aromatic heterocycles. The first-order chi connectivity index (χ1) is 27.7. The van der Waals surface area contributed by atoms with Crippen LogP contribution < -0.4 is 0 Å². The minimum absolute atomic E-state index is 0.0479. The summed E-state index contributed by atoms with van der Waals surface area (Å²) < 4.78 is 19.7. The van der Waals surface area contributed by atoms with Crippen molar-refractivity contribution in [1.29, 1.82) is 0 Å². The lowest BCUT2D eigenvalue weighted by atomic mass is 9.86. The highest BCUT2D eigenvalue weighted by atomic mass is 16.3. The second-order valence-electron chi connectivity index (χ2n) is 18.8. The van der Waals surface area contributed by atoms with Crippen LogP contribution in [0.2, 0.25) is 0 Å². The second kappa shape index (κ2) is 11.7. The fourth-order valence-corrected chi connectivity index (χ4v) is 9.97. The largest absolute Gasteiger partial charge is 0.452 e. The molecule has 0 spiro atoms. The molecule has 4 heteroatoms. The van der Waals surface area contributed by atoms with Gasteiger partial charge in [-0.3, -0.25) is 0 Å². The van der Waals surface area contributed by atoms with E-state index in [4.69, 9.17) is 8.83 Å². The van der Waals surface area contributed by atoms with E-state index in [1.807, 2.05) is 0 Å². The molecule has 0 unspecified atom stereocenters. The zero-order valence-electron chi connectivity index (χ0n) is 35.1. The van der Waals surface area contributed by atoms with Crippen molar-refractivity contribution in [2.24, 2.45) is 0 Å². The van der Waals surface area contributed by atoms with Gasteiger partial charge in [0.25, 0.3) is 0 Å². The molecule has 0 saturated carbocycles. The number of hydrogen-bond acceptors (Lipinski definition) is 2. The molecule has 0 N–H and O–H groups in total. The van der Waals surface area contributed by atoms with Crippen molar-refractivity contribution in [2.45, 2.75) is 80.1 Å². The van der Waals surface area contributed by atoms with Crippen molar-refractivity contribution in [1.82, 2.24) is 8.80 Å². The Morgan fingerprint density at radius 1 is 0.414 bits per heavy atom. The zero-order chi connectivity index (χ0) is 40.2. The van der Waals surface area contributed by atoms with E-state index in [2.05, 4.69) is 187 Å². The molecule has 0 aliphatic carbocycles. The Hall–Kier alpha value is -6.26. The second-order valence-corrected chi connectivity index (χ2v) is 18.8. The van der Waals surface area contributed by atoms with Crippen LogP contribution in [0, 0.1) is 27.7 Å². The minimum Gasteiger partial charge on any atom is -0.452 e. The first-order valence-corrected chi connectivity index (χ1v) is 20.6. The first-order valence-electron chi connectivity index (χ1n) is 20.6. The molecule has 286 valence electrons. The topological polar surface area (TPSA) is 35.1 Å². The van der Waals surface area contributed by atoms with E-state index < -0.39 is 0 Å². The molecule has 4 nitrogen and oxygen atoms in total. The van der Waals surface area contributed by atoms with Gasteiger partial charge in [0.15, 0.2) is 22.3 Å². The molecule has 0 aliphatic heterocycles. The number of fused-ring (bicyclic) bond motifs is 12. The van der Waals surface area contributed by atoms with Crippen molar-refractivity contribution in [3.8, 4) is 22.3 Å². The number of benzene rings is 7. The number of aromatic nitrogens is 2. The van der Waals surface area contributed by atoms with Crippen molar-refractivity contribution in [2.75, 3.05) is 0 Å². The lowest BCUT2D eigenvalue weighted by molar-refractivity contribution is 0.591. The van der Waals surface area contributed by atoms with Gasteiger partial charge in [0.05, 0.1) is 32.8 Å². The average molecular weight is 757 g/mol. The van der Waals surface area contributed by atoms with E-state index >= 15 is 0 Å². The highest BCUT2D eigenvalue weighted by Crippen LogP contribution is 2.49. The summed E-state index contributed by atoms with van der Waals surface area (Å²) in [6, 6.07) is 40.6. The van der Waals surface area contributed by atoms with Gasteiger partial charge in [-0.1, -0.05) is 102 Å². The lowest BCUT2D eigenvalue weighted by Crippen LogP contribution is -2.10. The predicted molar refractivity (Wildman–Crippen MR) is 245 cm³/mol. The van der Waals surface area contributed by atoms with Gasteiger partial charge in [0.2, 0.25) is 0 Å². The molecule has 0 aliphatic rings. The smallest absolute Gasteiger partial charge is 0.162 e. The normalized spacial score (nSPS) is 13.0. The van der Waals surface area contributed by atoms with Gasteiger partial charge in [-0.05, 0) is 143 Å². The predicted octanol–water partition coefficient (Wildman–Crippen LogP) is 15.5. The summed E-state index contributed by atoms with van der Waals surface area (Å²) in [5.41, 5.74) is 22.2. The van der Waals surface area contributed by atoms with E-state index in [0.29, 0.717) is 0 Å². The molecule has 0 saturated heterocycles. The SMILES string of the molecule is Cc1cccc(C)c1-c1ccc2c(c1)oc1c3c4cc(C(C)(C)C)ccc4n4c5ccc(-c6c(C)cccc6C)cc5oc(c5c6cc(C(C)(C)C)ccc6n2c15)c34. The number of hydrogen-bond donors (Lipinski definition) is 0. The summed E-state index contributed by atoms with van der Waals surface area (Å²) in [7, 11) is 0. The summed E-state index contributed by atoms with van der Waals surface area (Å²) in [6.45, 7) is 22.5. The van der Waals surface area contributed by atoms with Gasteiger partial charge in [-0.25, -0.2) is 0 Å². The van der Waals surface area contributed by atoms with E-state index in [-0.39, 0.29) is 10.8 Å². The van der Waals surface area contributed by atoms with Crippen LogP contribution in [0.4, 0.5) is 0 Å². The maximum absolute atomic E-state index is 7.40. The Kier molecular flexibility index (Phi) is 7.03. The van der Waals surface area contributed by atoms with E-state index in [1.54, 1.807) is 0 Å². The summed E-state index contributed by atoms with van der Waals surface area (Å²) in [4.78, 5) is 0.